The molecule has 0 aromatic heterocycles. The summed E-state index contributed by atoms with van der Waals surface area (Å²) < 4.78 is 0. The number of amides is 3. The molecule has 2 aliphatic carbocycles. The molecule has 2 unspecified atom stereocenters. The van der Waals surface area contributed by atoms with Gasteiger partial charge in [0.05, 0.1) is 12.0 Å². The van der Waals surface area contributed by atoms with Gasteiger partial charge in [-0.25, -0.2) is 4.79 Å². The summed E-state index contributed by atoms with van der Waals surface area (Å²) >= 11 is 0. The molecule has 1 fully saturated rings. The molecule has 1 aromatic rings. The van der Waals surface area contributed by atoms with Crippen LogP contribution in [0.3, 0.4) is 0 Å². The first kappa shape index (κ1) is 24.4. The summed E-state index contributed by atoms with van der Waals surface area (Å²) in [5, 5.41) is 6.10. The van der Waals surface area contributed by atoms with Crippen LogP contribution in [0.25, 0.3) is 0 Å². The largest absolute Gasteiger partial charge is 0.336 e. The first-order valence-corrected chi connectivity index (χ1v) is 11.9. The van der Waals surface area contributed by atoms with Gasteiger partial charge >= 0.3 is 6.03 Å². The highest BCUT2D eigenvalue weighted by Gasteiger charge is 2.39. The third-order valence-electron chi connectivity index (χ3n) is 6.71. The van der Waals surface area contributed by atoms with Gasteiger partial charge in [-0.15, -0.1) is 0 Å². The summed E-state index contributed by atoms with van der Waals surface area (Å²) in [7, 11) is 5.74. The van der Waals surface area contributed by atoms with Crippen LogP contribution in [0.15, 0.2) is 24.3 Å². The van der Waals surface area contributed by atoms with Crippen LogP contribution in [0, 0.1) is 11.8 Å². The van der Waals surface area contributed by atoms with E-state index in [9.17, 15) is 14.4 Å². The molecule has 1 aromatic carbocycles. The zero-order valence-corrected chi connectivity index (χ0v) is 19.7. The summed E-state index contributed by atoms with van der Waals surface area (Å²) in [6.07, 6.45) is 5.33. The molecule has 2 aliphatic rings. The highest BCUT2D eigenvalue weighted by atomic mass is 16.2. The maximum absolute atomic E-state index is 13.9. The first-order chi connectivity index (χ1) is 15.4. The Morgan fingerprint density at radius 1 is 1.16 bits per heavy atom. The van der Waals surface area contributed by atoms with Gasteiger partial charge in [0.15, 0.2) is 0 Å². The second-order valence-corrected chi connectivity index (χ2v) is 9.49. The zero-order valence-electron chi connectivity index (χ0n) is 19.7. The Bertz CT molecular complexity index is 810. The van der Waals surface area contributed by atoms with E-state index < -0.39 is 0 Å². The van der Waals surface area contributed by atoms with Crippen LogP contribution in [0.2, 0.25) is 0 Å². The van der Waals surface area contributed by atoms with Crippen LogP contribution >= 0.6 is 0 Å². The van der Waals surface area contributed by atoms with Gasteiger partial charge in [0.2, 0.25) is 5.91 Å². The van der Waals surface area contributed by atoms with E-state index in [2.05, 4.69) is 16.7 Å². The van der Waals surface area contributed by atoms with E-state index in [1.807, 2.05) is 44.2 Å². The number of hydrogen-bond acceptors (Lipinski definition) is 5. The standard InChI is InChI=1S/C25H38N4O3/c1-26-17-20(15-18-7-6-9-21(30)16-18)24(31)29(25(32)27-13-14-28(2)3)23-12-11-19-8-4-5-10-22(19)23/h4-5,8,10,18,20,23,26H,6-7,9,11-17H2,1-3H3,(H,27,32)/t18?,20?,23-/m0/s1. The summed E-state index contributed by atoms with van der Waals surface area (Å²) in [6, 6.07) is 7.54. The van der Waals surface area contributed by atoms with Crippen molar-refractivity contribution < 1.29 is 14.4 Å². The maximum Gasteiger partial charge on any atom is 0.324 e. The van der Waals surface area contributed by atoms with Crippen LogP contribution < -0.4 is 10.6 Å². The highest BCUT2D eigenvalue weighted by molar-refractivity contribution is 5.96. The summed E-state index contributed by atoms with van der Waals surface area (Å²) in [5.74, 6) is 0.0395. The fourth-order valence-corrected chi connectivity index (χ4v) is 5.10. The van der Waals surface area contributed by atoms with Crippen LogP contribution in [-0.2, 0) is 16.0 Å². The zero-order chi connectivity index (χ0) is 23.1. The average Bonchev–Trinajstić information content (AvgIpc) is 3.17. The quantitative estimate of drug-likeness (QED) is 0.615. The highest BCUT2D eigenvalue weighted by Crippen LogP contribution is 2.37. The van der Waals surface area contributed by atoms with E-state index in [0.717, 1.165) is 31.2 Å². The molecule has 32 heavy (non-hydrogen) atoms. The number of nitrogens with zero attached hydrogens (tertiary/aromatic N) is 2. The fourth-order valence-electron chi connectivity index (χ4n) is 5.10. The average molecular weight is 443 g/mol. The minimum Gasteiger partial charge on any atom is -0.336 e. The van der Waals surface area contributed by atoms with E-state index in [0.29, 0.717) is 44.7 Å². The number of ketones is 1. The Morgan fingerprint density at radius 2 is 1.94 bits per heavy atom. The van der Waals surface area contributed by atoms with Crippen molar-refractivity contribution in [3.8, 4) is 0 Å². The molecule has 1 saturated carbocycles. The van der Waals surface area contributed by atoms with Gasteiger partial charge < -0.3 is 15.5 Å². The van der Waals surface area contributed by atoms with Crippen molar-refractivity contribution in [1.29, 1.82) is 0 Å². The molecule has 0 spiro atoms. The molecular formula is C25H38N4O3. The Kier molecular flexibility index (Phi) is 8.82. The van der Waals surface area contributed by atoms with Crippen LogP contribution in [0.1, 0.15) is 55.7 Å². The van der Waals surface area contributed by atoms with E-state index in [-0.39, 0.29) is 29.8 Å². The van der Waals surface area contributed by atoms with Gasteiger partial charge in [0, 0.05) is 32.5 Å². The molecule has 2 N–H and O–H groups in total. The van der Waals surface area contributed by atoms with Crippen molar-refractivity contribution >= 4 is 17.7 Å². The molecule has 7 nitrogen and oxygen atoms in total. The van der Waals surface area contributed by atoms with Crippen molar-refractivity contribution in [2.75, 3.05) is 40.8 Å². The molecule has 0 aliphatic heterocycles. The van der Waals surface area contributed by atoms with Crippen molar-refractivity contribution in [2.24, 2.45) is 11.8 Å². The normalized spacial score (nSPS) is 21.3. The van der Waals surface area contributed by atoms with Gasteiger partial charge in [-0.1, -0.05) is 24.3 Å². The van der Waals surface area contributed by atoms with Gasteiger partial charge in [0.25, 0.3) is 0 Å². The second-order valence-electron chi connectivity index (χ2n) is 9.49. The smallest absolute Gasteiger partial charge is 0.324 e. The number of rotatable bonds is 9. The number of aryl methyl sites for hydroxylation is 1. The minimum atomic E-state index is -0.330. The number of Topliss-reactive ketones (excluding diaryl/α,β-unsaturated/α-hetero) is 1. The molecule has 0 radical (unpaired) electrons. The van der Waals surface area contributed by atoms with Gasteiger partial charge in [-0.05, 0) is 70.3 Å². The molecule has 0 saturated heterocycles. The van der Waals surface area contributed by atoms with Gasteiger partial charge in [-0.2, -0.15) is 0 Å². The lowest BCUT2D eigenvalue weighted by Crippen LogP contribution is -2.50. The van der Waals surface area contributed by atoms with Crippen molar-refractivity contribution in [3.05, 3.63) is 35.4 Å². The molecular weight excluding hydrogens is 404 g/mol. The number of fused-ring (bicyclic) bond motifs is 1. The lowest BCUT2D eigenvalue weighted by molar-refractivity contribution is -0.135. The van der Waals surface area contributed by atoms with Gasteiger partial charge in [-0.3, -0.25) is 14.5 Å². The first-order valence-electron chi connectivity index (χ1n) is 11.9. The monoisotopic (exact) mass is 442 g/mol. The molecule has 0 bridgehead atoms. The lowest BCUT2D eigenvalue weighted by atomic mass is 9.81. The number of benzene rings is 1. The number of carbonyl (C=O) groups excluding carboxylic acids is 3. The Balaban J connectivity index is 1.82. The van der Waals surface area contributed by atoms with Gasteiger partial charge in [0.1, 0.15) is 5.78 Å². The topological polar surface area (TPSA) is 81.8 Å². The minimum absolute atomic E-state index is 0.138. The number of likely N-dealkylation sites (N-methyl/N-ethyl adjacent to an activating group) is 1. The third kappa shape index (κ3) is 6.17. The van der Waals surface area contributed by atoms with E-state index in [4.69, 9.17) is 0 Å². The number of urea groups is 1. The van der Waals surface area contributed by atoms with E-state index in [1.54, 1.807) is 0 Å². The lowest BCUT2D eigenvalue weighted by Gasteiger charge is -2.33. The Hall–Kier alpha value is -2.25. The van der Waals surface area contributed by atoms with Crippen molar-refractivity contribution in [1.82, 2.24) is 20.4 Å². The van der Waals surface area contributed by atoms with Crippen LogP contribution in [0.5, 0.6) is 0 Å². The Morgan fingerprint density at radius 3 is 2.66 bits per heavy atom. The van der Waals surface area contributed by atoms with E-state index in [1.165, 1.54) is 10.5 Å². The second kappa shape index (κ2) is 11.6. The third-order valence-corrected chi connectivity index (χ3v) is 6.71. The van der Waals surface area contributed by atoms with Crippen LogP contribution in [0.4, 0.5) is 4.79 Å². The molecule has 3 rings (SSSR count). The SMILES string of the molecule is CNCC(CC1CCCC(=O)C1)C(=O)N(C(=O)NCCN(C)C)[C@H]1CCc2ccccc21. The number of hydrogen-bond donors (Lipinski definition) is 2. The van der Waals surface area contributed by atoms with Crippen molar-refractivity contribution in [2.45, 2.75) is 51.0 Å². The molecule has 0 heterocycles. The summed E-state index contributed by atoms with van der Waals surface area (Å²) in [4.78, 5) is 42.6. The fraction of sp³-hybridized carbons (Fsp3) is 0.640. The number of carbonyl (C=O) groups is 3. The predicted octanol–water partition coefficient (Wildman–Crippen LogP) is 2.76. The molecule has 3 atom stereocenters. The maximum atomic E-state index is 13.9. The molecule has 3 amide bonds. The predicted molar refractivity (Wildman–Crippen MR) is 125 cm³/mol. The van der Waals surface area contributed by atoms with Crippen LogP contribution in [-0.4, -0.2) is 68.3 Å². The molecule has 176 valence electrons. The Labute approximate surface area is 191 Å². The summed E-state index contributed by atoms with van der Waals surface area (Å²) in [6.45, 7) is 1.69. The van der Waals surface area contributed by atoms with Crippen molar-refractivity contribution in [3.63, 3.8) is 0 Å². The summed E-state index contributed by atoms with van der Waals surface area (Å²) in [5.41, 5.74) is 2.28. The number of imide groups is 1. The van der Waals surface area contributed by atoms with E-state index >= 15 is 0 Å². The molecule has 7 heteroatoms. The number of nitrogens with one attached hydrogen (secondary N) is 2.